The molecule has 4 aromatic carbocycles. The van der Waals surface area contributed by atoms with Gasteiger partial charge in [0.15, 0.2) is 11.5 Å². The molecule has 0 saturated carbocycles. The van der Waals surface area contributed by atoms with Crippen LogP contribution in [0, 0.1) is 0 Å². The third-order valence-corrected chi connectivity index (χ3v) is 8.87. The average Bonchev–Trinajstić information content (AvgIpc) is 3.54. The highest BCUT2D eigenvalue weighted by molar-refractivity contribution is 7.88. The maximum absolute atomic E-state index is 14.2. The van der Waals surface area contributed by atoms with Gasteiger partial charge in [-0.15, -0.1) is 0 Å². The molecule has 2 amide bonds. The van der Waals surface area contributed by atoms with E-state index in [9.17, 15) is 18.0 Å². The smallest absolute Gasteiger partial charge is 0.243 e. The minimum Gasteiger partial charge on any atom is -0.497 e. The summed E-state index contributed by atoms with van der Waals surface area (Å²) in [6.45, 7) is -0.0247. The quantitative estimate of drug-likeness (QED) is 0.220. The molecule has 1 unspecified atom stereocenters. The standard InChI is InChI=1S/C35H37N3O7S/c1-43-30-16-13-28(14-17-30)23-38(34(39)24-37(46(2,41)42)22-27-11-7-4-8-12-27)31(19-26-9-5-3-6-10-26)35(40)36-21-29-15-18-32-33(20-29)45-25-44-32/h3-18,20,31H,19,21-25H2,1-2H3,(H,36,40). The van der Waals surface area contributed by atoms with Gasteiger partial charge in [-0.05, 0) is 46.5 Å². The maximum Gasteiger partial charge on any atom is 0.243 e. The largest absolute Gasteiger partial charge is 0.497 e. The van der Waals surface area contributed by atoms with Crippen LogP contribution in [-0.2, 0) is 45.7 Å². The van der Waals surface area contributed by atoms with Crippen LogP contribution < -0.4 is 19.5 Å². The van der Waals surface area contributed by atoms with E-state index < -0.39 is 28.5 Å². The van der Waals surface area contributed by atoms with E-state index in [2.05, 4.69) is 5.32 Å². The Morgan fingerprint density at radius 2 is 1.41 bits per heavy atom. The van der Waals surface area contributed by atoms with Crippen molar-refractivity contribution >= 4 is 21.8 Å². The van der Waals surface area contributed by atoms with E-state index in [1.165, 1.54) is 4.90 Å². The molecule has 0 aromatic heterocycles. The Morgan fingerprint density at radius 1 is 0.804 bits per heavy atom. The third-order valence-electron chi connectivity index (χ3n) is 7.67. The highest BCUT2D eigenvalue weighted by Gasteiger charge is 2.33. The highest BCUT2D eigenvalue weighted by Crippen LogP contribution is 2.32. The first-order valence-corrected chi connectivity index (χ1v) is 16.7. The topological polar surface area (TPSA) is 114 Å². The first-order chi connectivity index (χ1) is 22.2. The molecule has 11 heteroatoms. The predicted molar refractivity (Wildman–Crippen MR) is 174 cm³/mol. The number of amides is 2. The molecule has 240 valence electrons. The van der Waals surface area contributed by atoms with E-state index in [4.69, 9.17) is 14.2 Å². The van der Waals surface area contributed by atoms with E-state index in [-0.39, 0.29) is 38.8 Å². The number of hydrogen-bond acceptors (Lipinski definition) is 7. The summed E-state index contributed by atoms with van der Waals surface area (Å²) in [4.78, 5) is 29.8. The zero-order valence-corrected chi connectivity index (χ0v) is 26.6. The summed E-state index contributed by atoms with van der Waals surface area (Å²) < 4.78 is 43.1. The Bertz CT molecular complexity index is 1730. The Balaban J connectivity index is 1.45. The van der Waals surface area contributed by atoms with Gasteiger partial charge < -0.3 is 24.4 Å². The van der Waals surface area contributed by atoms with Gasteiger partial charge in [0.1, 0.15) is 11.8 Å². The van der Waals surface area contributed by atoms with Gasteiger partial charge in [-0.2, -0.15) is 4.31 Å². The Hall–Kier alpha value is -4.87. The molecule has 0 bridgehead atoms. The van der Waals surface area contributed by atoms with Gasteiger partial charge in [-0.25, -0.2) is 8.42 Å². The number of ether oxygens (including phenoxy) is 3. The van der Waals surface area contributed by atoms with E-state index >= 15 is 0 Å². The number of nitrogens with zero attached hydrogens (tertiary/aromatic N) is 2. The number of nitrogens with one attached hydrogen (secondary N) is 1. The maximum atomic E-state index is 14.2. The van der Waals surface area contributed by atoms with E-state index in [1.807, 2.05) is 72.8 Å². The van der Waals surface area contributed by atoms with E-state index in [0.717, 1.165) is 32.8 Å². The lowest BCUT2D eigenvalue weighted by molar-refractivity contribution is -0.141. The van der Waals surface area contributed by atoms with Crippen molar-refractivity contribution < 1.29 is 32.2 Å². The van der Waals surface area contributed by atoms with Crippen molar-refractivity contribution in [2.24, 2.45) is 0 Å². The van der Waals surface area contributed by atoms with Crippen LogP contribution in [0.5, 0.6) is 17.2 Å². The summed E-state index contributed by atoms with van der Waals surface area (Å²) in [5.41, 5.74) is 3.15. The number of sulfonamides is 1. The van der Waals surface area contributed by atoms with Crippen LogP contribution in [0.1, 0.15) is 22.3 Å². The van der Waals surface area contributed by atoms with Gasteiger partial charge in [0.25, 0.3) is 0 Å². The molecule has 1 atom stereocenters. The summed E-state index contributed by atoms with van der Waals surface area (Å²) in [6, 6.07) is 30.2. The lowest BCUT2D eigenvalue weighted by Crippen LogP contribution is -2.53. The second kappa shape index (κ2) is 14.9. The third kappa shape index (κ3) is 8.64. The van der Waals surface area contributed by atoms with Gasteiger partial charge in [0.2, 0.25) is 28.6 Å². The number of methoxy groups -OCH3 is 1. The summed E-state index contributed by atoms with van der Waals surface area (Å²) in [6.07, 6.45) is 1.30. The molecule has 0 aliphatic carbocycles. The summed E-state index contributed by atoms with van der Waals surface area (Å²) in [5.74, 6) is 1.01. The molecule has 4 aromatic rings. The molecule has 0 fully saturated rings. The molecule has 1 aliphatic heterocycles. The zero-order chi connectivity index (χ0) is 32.5. The Kier molecular flexibility index (Phi) is 10.6. The van der Waals surface area contributed by atoms with Gasteiger partial charge in [-0.3, -0.25) is 9.59 Å². The molecule has 1 heterocycles. The first kappa shape index (κ1) is 32.5. The van der Waals surface area contributed by atoms with Crippen molar-refractivity contribution in [2.75, 3.05) is 26.7 Å². The molecule has 5 rings (SSSR count). The monoisotopic (exact) mass is 643 g/mol. The van der Waals surface area contributed by atoms with Crippen molar-refractivity contribution in [3.05, 3.63) is 125 Å². The zero-order valence-electron chi connectivity index (χ0n) is 25.8. The number of benzene rings is 4. The van der Waals surface area contributed by atoms with Gasteiger partial charge in [0, 0.05) is 26.1 Å². The van der Waals surface area contributed by atoms with E-state index in [0.29, 0.717) is 17.2 Å². The second-order valence-electron chi connectivity index (χ2n) is 11.0. The predicted octanol–water partition coefficient (Wildman–Crippen LogP) is 4.14. The fraction of sp³-hybridized carbons (Fsp3) is 0.257. The molecule has 1 aliphatic rings. The summed E-state index contributed by atoms with van der Waals surface area (Å²) >= 11 is 0. The van der Waals surface area contributed by atoms with Crippen molar-refractivity contribution in [1.82, 2.24) is 14.5 Å². The molecule has 0 saturated heterocycles. The normalized spacial score (nSPS) is 12.8. The van der Waals surface area contributed by atoms with Crippen molar-refractivity contribution in [2.45, 2.75) is 32.1 Å². The molecular formula is C35H37N3O7S. The first-order valence-electron chi connectivity index (χ1n) is 14.8. The molecule has 46 heavy (non-hydrogen) atoms. The van der Waals surface area contributed by atoms with Gasteiger partial charge in [-0.1, -0.05) is 78.9 Å². The van der Waals surface area contributed by atoms with Crippen molar-refractivity contribution in [3.8, 4) is 17.2 Å². The molecule has 1 N–H and O–H groups in total. The van der Waals surface area contributed by atoms with Crippen molar-refractivity contribution in [1.29, 1.82) is 0 Å². The lowest BCUT2D eigenvalue weighted by atomic mass is 10.0. The Labute approximate surface area is 269 Å². The van der Waals surface area contributed by atoms with Crippen LogP contribution in [0.15, 0.2) is 103 Å². The fourth-order valence-electron chi connectivity index (χ4n) is 5.16. The molecule has 0 spiro atoms. The number of carbonyl (C=O) groups is 2. The average molecular weight is 644 g/mol. The van der Waals surface area contributed by atoms with Crippen LogP contribution in [0.25, 0.3) is 0 Å². The van der Waals surface area contributed by atoms with Gasteiger partial charge >= 0.3 is 0 Å². The molecule has 0 radical (unpaired) electrons. The Morgan fingerprint density at radius 3 is 2.07 bits per heavy atom. The van der Waals surface area contributed by atoms with Crippen LogP contribution in [0.3, 0.4) is 0 Å². The molecule has 10 nitrogen and oxygen atoms in total. The molecular weight excluding hydrogens is 606 g/mol. The SMILES string of the molecule is COc1ccc(CN(C(=O)CN(Cc2ccccc2)S(C)(=O)=O)C(Cc2ccccc2)C(=O)NCc2ccc3c(c2)OCO3)cc1. The van der Waals surface area contributed by atoms with Crippen LogP contribution in [0.4, 0.5) is 0 Å². The summed E-state index contributed by atoms with van der Waals surface area (Å²) in [5, 5.41) is 2.99. The van der Waals surface area contributed by atoms with Crippen molar-refractivity contribution in [3.63, 3.8) is 0 Å². The minimum atomic E-state index is -3.78. The minimum absolute atomic E-state index is 0.0153. The van der Waals surface area contributed by atoms with Crippen LogP contribution in [-0.4, -0.2) is 62.2 Å². The number of fused-ring (bicyclic) bond motifs is 1. The number of carbonyl (C=O) groups excluding carboxylic acids is 2. The fourth-order valence-corrected chi connectivity index (χ4v) is 5.89. The summed E-state index contributed by atoms with van der Waals surface area (Å²) in [7, 11) is -2.22. The number of hydrogen-bond donors (Lipinski definition) is 1. The second-order valence-corrected chi connectivity index (χ2v) is 13.0. The number of rotatable bonds is 14. The van der Waals surface area contributed by atoms with Crippen LogP contribution in [0.2, 0.25) is 0 Å². The van der Waals surface area contributed by atoms with Gasteiger partial charge in [0.05, 0.1) is 19.9 Å². The lowest BCUT2D eigenvalue weighted by Gasteiger charge is -2.33. The van der Waals surface area contributed by atoms with Crippen LogP contribution >= 0.6 is 0 Å². The highest BCUT2D eigenvalue weighted by atomic mass is 32.2. The van der Waals surface area contributed by atoms with E-state index in [1.54, 1.807) is 37.4 Å².